The van der Waals surface area contributed by atoms with Crippen molar-refractivity contribution in [2.24, 2.45) is 0 Å². The van der Waals surface area contributed by atoms with Crippen molar-refractivity contribution >= 4 is 23.3 Å². The van der Waals surface area contributed by atoms with Gasteiger partial charge in [0.15, 0.2) is 0 Å². The van der Waals surface area contributed by atoms with E-state index in [1.54, 1.807) is 20.8 Å². The van der Waals surface area contributed by atoms with Crippen LogP contribution in [-0.4, -0.2) is 28.9 Å². The molecule has 4 nitrogen and oxygen atoms in total. The Morgan fingerprint density at radius 3 is 2.42 bits per heavy atom. The Hall–Kier alpha value is -1.47. The molecule has 1 N–H and O–H groups in total. The van der Waals surface area contributed by atoms with Gasteiger partial charge in [0.1, 0.15) is 17.9 Å². The van der Waals surface area contributed by atoms with Gasteiger partial charge in [-0.05, 0) is 51.8 Å². The summed E-state index contributed by atoms with van der Waals surface area (Å²) in [5.41, 5.74) is -1.63. The number of carbonyl (C=O) groups excluding carboxylic acids is 1. The van der Waals surface area contributed by atoms with Gasteiger partial charge in [0.05, 0.1) is 5.56 Å². The van der Waals surface area contributed by atoms with E-state index in [0.717, 1.165) is 12.1 Å². The second kappa shape index (κ2) is 6.44. The molecule has 134 valence electrons. The van der Waals surface area contributed by atoms with E-state index < -0.39 is 35.6 Å². The summed E-state index contributed by atoms with van der Waals surface area (Å²) in [5, 5.41) is 10.0. The second-order valence-corrected chi connectivity index (χ2v) is 7.15. The average Bonchev–Trinajstić information content (AvgIpc) is 2.77. The molecule has 8 heteroatoms. The van der Waals surface area contributed by atoms with Crippen LogP contribution in [0.15, 0.2) is 18.2 Å². The molecule has 0 unspecified atom stereocenters. The molecule has 1 aliphatic rings. The highest BCUT2D eigenvalue weighted by atomic mass is 35.5. The number of carbonyl (C=O) groups is 1. The Bertz CT molecular complexity index is 628. The number of hydrogen-bond donors (Lipinski definition) is 1. The quantitative estimate of drug-likeness (QED) is 0.805. The zero-order chi connectivity index (χ0) is 18.3. The molecule has 0 saturated carbocycles. The Balaban J connectivity index is 2.37. The first-order valence-electron chi connectivity index (χ1n) is 7.45. The van der Waals surface area contributed by atoms with Crippen molar-refractivity contribution in [2.45, 2.75) is 57.7 Å². The van der Waals surface area contributed by atoms with Gasteiger partial charge >= 0.3 is 12.1 Å². The molecule has 0 aliphatic carbocycles. The van der Waals surface area contributed by atoms with Gasteiger partial charge < -0.3 is 14.7 Å². The maximum absolute atomic E-state index is 13.0. The number of aliphatic hydroxyl groups is 1. The van der Waals surface area contributed by atoms with E-state index in [1.807, 2.05) is 0 Å². The summed E-state index contributed by atoms with van der Waals surface area (Å²) in [7, 11) is 0. The van der Waals surface area contributed by atoms with Crippen LogP contribution in [0.4, 0.5) is 18.9 Å². The summed E-state index contributed by atoms with van der Waals surface area (Å²) in [5.74, 6) is -0.590. The third-order valence-corrected chi connectivity index (χ3v) is 3.76. The van der Waals surface area contributed by atoms with Gasteiger partial charge in [0, 0.05) is 10.7 Å². The minimum absolute atomic E-state index is 0.0377. The normalized spacial score (nSPS) is 21.9. The van der Waals surface area contributed by atoms with Crippen LogP contribution in [0.2, 0.25) is 5.02 Å². The van der Waals surface area contributed by atoms with E-state index in [0.29, 0.717) is 0 Å². The lowest BCUT2D eigenvalue weighted by atomic mass is 10.1. The lowest BCUT2D eigenvalue weighted by Crippen LogP contribution is -2.44. The van der Waals surface area contributed by atoms with E-state index in [1.165, 1.54) is 11.0 Å². The number of rotatable bonds is 2. The van der Waals surface area contributed by atoms with E-state index in [9.17, 15) is 23.1 Å². The molecule has 0 aromatic heterocycles. The van der Waals surface area contributed by atoms with Gasteiger partial charge in [0.25, 0.3) is 0 Å². The second-order valence-electron chi connectivity index (χ2n) is 6.71. The molecule has 1 aromatic rings. The topological polar surface area (TPSA) is 49.8 Å². The molecule has 1 heterocycles. The number of anilines is 1. The number of benzene rings is 1. The van der Waals surface area contributed by atoms with Crippen LogP contribution in [0.1, 0.15) is 39.2 Å². The number of ether oxygens (including phenoxy) is 1. The largest absolute Gasteiger partial charge is 0.458 e. The monoisotopic (exact) mass is 365 g/mol. The number of alkyl halides is 3. The fourth-order valence-corrected chi connectivity index (χ4v) is 2.86. The third kappa shape index (κ3) is 4.33. The lowest BCUT2D eigenvalue weighted by molar-refractivity contribution is -0.156. The Kier molecular flexibility index (Phi) is 5.06. The van der Waals surface area contributed by atoms with Crippen molar-refractivity contribution in [3.8, 4) is 0 Å². The van der Waals surface area contributed by atoms with Gasteiger partial charge in [-0.1, -0.05) is 11.6 Å². The highest BCUT2D eigenvalue weighted by molar-refractivity contribution is 6.31. The summed E-state index contributed by atoms with van der Waals surface area (Å²) >= 11 is 5.79. The van der Waals surface area contributed by atoms with Crippen LogP contribution >= 0.6 is 11.6 Å². The van der Waals surface area contributed by atoms with E-state index in [2.05, 4.69) is 0 Å². The molecular formula is C16H19ClF3NO3. The third-order valence-electron chi connectivity index (χ3n) is 3.54. The first-order valence-corrected chi connectivity index (χ1v) is 7.83. The molecule has 0 bridgehead atoms. The fraction of sp³-hybridized carbons (Fsp3) is 0.562. The number of nitrogens with zero attached hydrogens (tertiary/aromatic N) is 1. The van der Waals surface area contributed by atoms with Crippen LogP contribution in [0, 0.1) is 0 Å². The van der Waals surface area contributed by atoms with Crippen LogP contribution in [-0.2, 0) is 15.7 Å². The van der Waals surface area contributed by atoms with Crippen LogP contribution in [0.25, 0.3) is 0 Å². The number of esters is 1. The zero-order valence-corrected chi connectivity index (χ0v) is 14.3. The van der Waals surface area contributed by atoms with Crippen molar-refractivity contribution in [1.82, 2.24) is 0 Å². The van der Waals surface area contributed by atoms with Gasteiger partial charge in [-0.2, -0.15) is 13.2 Å². The van der Waals surface area contributed by atoms with Gasteiger partial charge in [-0.25, -0.2) is 4.79 Å². The summed E-state index contributed by atoms with van der Waals surface area (Å²) in [6.45, 7) is 5.09. The molecule has 0 radical (unpaired) electrons. The van der Waals surface area contributed by atoms with Crippen molar-refractivity contribution < 1.29 is 27.8 Å². The van der Waals surface area contributed by atoms with E-state index >= 15 is 0 Å². The first kappa shape index (κ1) is 18.9. The molecular weight excluding hydrogens is 347 g/mol. The number of hydrogen-bond acceptors (Lipinski definition) is 4. The summed E-state index contributed by atoms with van der Waals surface area (Å²) < 4.78 is 44.2. The van der Waals surface area contributed by atoms with Crippen molar-refractivity contribution in [3.05, 3.63) is 28.8 Å². The Labute approximate surface area is 143 Å². The average molecular weight is 366 g/mol. The molecule has 0 amide bonds. The molecule has 1 aromatic carbocycles. The fourth-order valence-electron chi connectivity index (χ4n) is 2.63. The smallest absolute Gasteiger partial charge is 0.416 e. The highest BCUT2D eigenvalue weighted by Gasteiger charge is 2.40. The van der Waals surface area contributed by atoms with Gasteiger partial charge in [-0.15, -0.1) is 0 Å². The van der Waals surface area contributed by atoms with E-state index in [4.69, 9.17) is 16.3 Å². The predicted octanol–water partition coefficient (Wildman–Crippen LogP) is 3.99. The summed E-state index contributed by atoms with van der Waals surface area (Å²) in [6.07, 6.45) is -5.13. The minimum Gasteiger partial charge on any atom is -0.458 e. The Morgan fingerprint density at radius 2 is 1.88 bits per heavy atom. The van der Waals surface area contributed by atoms with Crippen LogP contribution in [0.3, 0.4) is 0 Å². The first-order chi connectivity index (χ1) is 10.9. The zero-order valence-electron chi connectivity index (χ0n) is 13.5. The molecule has 1 saturated heterocycles. The van der Waals surface area contributed by atoms with Gasteiger partial charge in [-0.3, -0.25) is 0 Å². The Morgan fingerprint density at radius 1 is 1.25 bits per heavy atom. The lowest BCUT2D eigenvalue weighted by Gasteiger charge is -2.31. The predicted molar refractivity (Wildman–Crippen MR) is 83.8 cm³/mol. The molecule has 1 fully saturated rings. The summed E-state index contributed by atoms with van der Waals surface area (Å²) in [6, 6.07) is 2.11. The maximum Gasteiger partial charge on any atom is 0.416 e. The van der Waals surface area contributed by atoms with Crippen molar-refractivity contribution in [1.29, 1.82) is 0 Å². The molecule has 24 heavy (non-hydrogen) atoms. The maximum atomic E-state index is 13.0. The molecule has 1 aliphatic heterocycles. The van der Waals surface area contributed by atoms with Gasteiger partial charge in [0.2, 0.25) is 0 Å². The minimum atomic E-state index is -4.58. The summed E-state index contributed by atoms with van der Waals surface area (Å²) in [4.78, 5) is 13.6. The highest BCUT2D eigenvalue weighted by Crippen LogP contribution is 2.38. The van der Waals surface area contributed by atoms with Crippen molar-refractivity contribution in [2.75, 3.05) is 4.90 Å². The number of halogens is 4. The standard InChI is InChI=1S/C16H19ClF3NO3/c1-15(2,3)24-14(23)12-4-5-13(22)21(12)11-7-9(16(18,19)20)6-10(17)8-11/h6-8,12-13,22H,4-5H2,1-3H3/t12-,13+/m1/s1. The molecule has 0 spiro atoms. The molecule has 2 atom stereocenters. The van der Waals surface area contributed by atoms with Crippen LogP contribution in [0.5, 0.6) is 0 Å². The van der Waals surface area contributed by atoms with Crippen molar-refractivity contribution in [3.63, 3.8) is 0 Å². The molecule has 2 rings (SSSR count). The number of aliphatic hydroxyl groups excluding tert-OH is 1. The van der Waals surface area contributed by atoms with Crippen LogP contribution < -0.4 is 4.90 Å². The van der Waals surface area contributed by atoms with E-state index in [-0.39, 0.29) is 23.6 Å². The SMILES string of the molecule is CC(C)(C)OC(=O)[C@H]1CC[C@H](O)N1c1cc(Cl)cc(C(F)(F)F)c1.